The van der Waals surface area contributed by atoms with E-state index in [1.165, 1.54) is 5.56 Å². The molecule has 1 aromatic carbocycles. The number of nitrogens with zero attached hydrogens (tertiary/aromatic N) is 2. The highest BCUT2D eigenvalue weighted by atomic mass is 15.2. The lowest BCUT2D eigenvalue weighted by atomic mass is 9.96. The van der Waals surface area contributed by atoms with Gasteiger partial charge in [-0.3, -0.25) is 0 Å². The third-order valence-corrected chi connectivity index (χ3v) is 3.95. The molecular weight excluding hydrogens is 258 g/mol. The zero-order valence-corrected chi connectivity index (χ0v) is 13.8. The van der Waals surface area contributed by atoms with E-state index in [-0.39, 0.29) is 0 Å². The minimum atomic E-state index is 0.343. The molecule has 1 heterocycles. The maximum atomic E-state index is 6.37. The van der Waals surface area contributed by atoms with Crippen LogP contribution in [0.3, 0.4) is 0 Å². The molecule has 3 nitrogen and oxygen atoms in total. The van der Waals surface area contributed by atoms with E-state index < -0.39 is 0 Å². The summed E-state index contributed by atoms with van der Waals surface area (Å²) in [4.78, 5) is 4.83. The van der Waals surface area contributed by atoms with E-state index in [2.05, 4.69) is 69.5 Å². The van der Waals surface area contributed by atoms with Crippen molar-refractivity contribution in [2.24, 2.45) is 0 Å². The molecule has 2 aromatic rings. The highest BCUT2D eigenvalue weighted by molar-refractivity contribution is 5.41. The quantitative estimate of drug-likeness (QED) is 0.878. The molecule has 0 fully saturated rings. The molecule has 21 heavy (non-hydrogen) atoms. The van der Waals surface area contributed by atoms with Crippen molar-refractivity contribution in [3.05, 3.63) is 47.4 Å². The van der Waals surface area contributed by atoms with Crippen LogP contribution in [-0.4, -0.2) is 9.55 Å². The highest BCUT2D eigenvalue weighted by Crippen LogP contribution is 2.29. The molecule has 0 saturated carbocycles. The molecule has 1 unspecified atom stereocenters. The Morgan fingerprint density at radius 3 is 2.14 bits per heavy atom. The number of benzene rings is 1. The number of nitrogen functional groups attached to an aromatic ring is 1. The van der Waals surface area contributed by atoms with Crippen LogP contribution in [0.4, 0.5) is 5.82 Å². The Morgan fingerprint density at radius 2 is 1.67 bits per heavy atom. The van der Waals surface area contributed by atoms with Gasteiger partial charge in [-0.25, -0.2) is 4.98 Å². The maximum absolute atomic E-state index is 6.37. The van der Waals surface area contributed by atoms with E-state index in [0.29, 0.717) is 17.9 Å². The second-order valence-electron chi connectivity index (χ2n) is 6.44. The van der Waals surface area contributed by atoms with Crippen molar-refractivity contribution in [3.8, 4) is 0 Å². The topological polar surface area (TPSA) is 43.8 Å². The first kappa shape index (κ1) is 15.6. The summed E-state index contributed by atoms with van der Waals surface area (Å²) >= 11 is 0. The van der Waals surface area contributed by atoms with Crippen LogP contribution in [0.2, 0.25) is 0 Å². The highest BCUT2D eigenvalue weighted by Gasteiger charge is 2.20. The van der Waals surface area contributed by atoms with E-state index in [0.717, 1.165) is 23.8 Å². The first-order chi connectivity index (χ1) is 9.91. The molecule has 0 bridgehead atoms. The van der Waals surface area contributed by atoms with Crippen molar-refractivity contribution in [1.82, 2.24) is 9.55 Å². The first-order valence-electron chi connectivity index (χ1n) is 7.83. The predicted molar refractivity (Wildman–Crippen MR) is 89.7 cm³/mol. The molecule has 0 saturated heterocycles. The number of nitrogens with two attached hydrogens (primary N) is 1. The van der Waals surface area contributed by atoms with Gasteiger partial charge in [-0.05, 0) is 31.7 Å². The summed E-state index contributed by atoms with van der Waals surface area (Å²) in [6.07, 6.45) is 0.884. The molecular formula is C18H27N3. The third kappa shape index (κ3) is 3.29. The van der Waals surface area contributed by atoms with Gasteiger partial charge in [-0.1, -0.05) is 51.1 Å². The van der Waals surface area contributed by atoms with Crippen LogP contribution in [0.1, 0.15) is 69.6 Å². The predicted octanol–water partition coefficient (Wildman–Crippen LogP) is 4.52. The van der Waals surface area contributed by atoms with Crippen LogP contribution in [0.5, 0.6) is 0 Å². The van der Waals surface area contributed by atoms with Crippen molar-refractivity contribution in [3.63, 3.8) is 0 Å². The van der Waals surface area contributed by atoms with Gasteiger partial charge in [-0.15, -0.1) is 0 Å². The SMILES string of the molecule is CC(C)c1nc(CC(C)c2ccccc2)c(N)n1C(C)C. The Labute approximate surface area is 128 Å². The van der Waals surface area contributed by atoms with Crippen molar-refractivity contribution in [2.45, 2.75) is 58.9 Å². The van der Waals surface area contributed by atoms with Gasteiger partial charge < -0.3 is 10.3 Å². The average molecular weight is 285 g/mol. The van der Waals surface area contributed by atoms with Crippen LogP contribution in [0, 0.1) is 0 Å². The second-order valence-corrected chi connectivity index (χ2v) is 6.44. The number of hydrogen-bond donors (Lipinski definition) is 1. The molecule has 0 aliphatic rings. The Bertz CT molecular complexity index is 582. The van der Waals surface area contributed by atoms with Crippen LogP contribution in [-0.2, 0) is 6.42 Å². The third-order valence-electron chi connectivity index (χ3n) is 3.95. The van der Waals surface area contributed by atoms with Crippen molar-refractivity contribution < 1.29 is 0 Å². The molecule has 0 radical (unpaired) electrons. The Kier molecular flexibility index (Phi) is 4.71. The second kappa shape index (κ2) is 6.33. The van der Waals surface area contributed by atoms with Gasteiger partial charge in [-0.2, -0.15) is 0 Å². The van der Waals surface area contributed by atoms with Gasteiger partial charge in [0.25, 0.3) is 0 Å². The fourth-order valence-electron chi connectivity index (χ4n) is 2.80. The minimum Gasteiger partial charge on any atom is -0.384 e. The van der Waals surface area contributed by atoms with E-state index in [9.17, 15) is 0 Å². The molecule has 0 amide bonds. The van der Waals surface area contributed by atoms with Gasteiger partial charge >= 0.3 is 0 Å². The van der Waals surface area contributed by atoms with Gasteiger partial charge in [0, 0.05) is 12.0 Å². The average Bonchev–Trinajstić information content (AvgIpc) is 2.77. The van der Waals surface area contributed by atoms with Crippen LogP contribution in [0.25, 0.3) is 0 Å². The van der Waals surface area contributed by atoms with Crippen LogP contribution < -0.4 is 5.73 Å². The summed E-state index contributed by atoms with van der Waals surface area (Å²) in [6, 6.07) is 10.9. The van der Waals surface area contributed by atoms with Gasteiger partial charge in [0.05, 0.1) is 5.69 Å². The smallest absolute Gasteiger partial charge is 0.127 e. The molecule has 0 aliphatic carbocycles. The molecule has 2 N–H and O–H groups in total. The fraction of sp³-hybridized carbons (Fsp3) is 0.500. The number of anilines is 1. The lowest BCUT2D eigenvalue weighted by Crippen LogP contribution is -2.11. The zero-order chi connectivity index (χ0) is 15.6. The van der Waals surface area contributed by atoms with Crippen molar-refractivity contribution >= 4 is 5.82 Å². The summed E-state index contributed by atoms with van der Waals surface area (Å²) in [5.74, 6) is 2.73. The van der Waals surface area contributed by atoms with Gasteiger partial charge in [0.2, 0.25) is 0 Å². The summed E-state index contributed by atoms with van der Waals surface area (Å²) in [5, 5.41) is 0. The number of imidazole rings is 1. The number of aromatic nitrogens is 2. The standard InChI is InChI=1S/C18H27N3/c1-12(2)18-20-16(17(19)21(18)13(3)4)11-14(5)15-9-7-6-8-10-15/h6-10,12-14H,11,19H2,1-5H3. The zero-order valence-electron chi connectivity index (χ0n) is 13.8. The monoisotopic (exact) mass is 285 g/mol. The Morgan fingerprint density at radius 1 is 1.05 bits per heavy atom. The molecule has 0 spiro atoms. The Hall–Kier alpha value is -1.77. The summed E-state index contributed by atoms with van der Waals surface area (Å²) in [5.41, 5.74) is 8.74. The summed E-state index contributed by atoms with van der Waals surface area (Å²) in [7, 11) is 0. The lowest BCUT2D eigenvalue weighted by molar-refractivity contribution is 0.556. The summed E-state index contributed by atoms with van der Waals surface area (Å²) in [6.45, 7) is 10.9. The first-order valence-corrected chi connectivity index (χ1v) is 7.83. The van der Waals surface area contributed by atoms with Crippen LogP contribution in [0.15, 0.2) is 30.3 Å². The molecule has 2 rings (SSSR count). The molecule has 3 heteroatoms. The Balaban J connectivity index is 2.31. The molecule has 0 aliphatic heterocycles. The van der Waals surface area contributed by atoms with Crippen molar-refractivity contribution in [1.29, 1.82) is 0 Å². The van der Waals surface area contributed by atoms with E-state index in [1.807, 2.05) is 0 Å². The van der Waals surface area contributed by atoms with E-state index >= 15 is 0 Å². The van der Waals surface area contributed by atoms with Gasteiger partial charge in [0.1, 0.15) is 11.6 Å². The minimum absolute atomic E-state index is 0.343. The normalized spacial score (nSPS) is 13.1. The number of hydrogen-bond acceptors (Lipinski definition) is 2. The fourth-order valence-corrected chi connectivity index (χ4v) is 2.80. The molecule has 114 valence electrons. The van der Waals surface area contributed by atoms with E-state index in [1.54, 1.807) is 0 Å². The lowest BCUT2D eigenvalue weighted by Gasteiger charge is -2.15. The summed E-state index contributed by atoms with van der Waals surface area (Å²) < 4.78 is 2.18. The van der Waals surface area contributed by atoms with Crippen LogP contribution >= 0.6 is 0 Å². The molecule has 1 atom stereocenters. The largest absolute Gasteiger partial charge is 0.384 e. The van der Waals surface area contributed by atoms with E-state index in [4.69, 9.17) is 10.7 Å². The van der Waals surface area contributed by atoms with Crippen molar-refractivity contribution in [2.75, 3.05) is 5.73 Å². The molecule has 1 aromatic heterocycles. The number of rotatable bonds is 5. The van der Waals surface area contributed by atoms with Gasteiger partial charge in [0.15, 0.2) is 0 Å². The maximum Gasteiger partial charge on any atom is 0.127 e.